The first-order chi connectivity index (χ1) is 16.6. The van der Waals surface area contributed by atoms with E-state index in [4.69, 9.17) is 11.6 Å². The quantitative estimate of drug-likeness (QED) is 0.194. The van der Waals surface area contributed by atoms with Crippen LogP contribution in [0.5, 0.6) is 0 Å². The highest BCUT2D eigenvalue weighted by molar-refractivity contribution is 6.32. The lowest BCUT2D eigenvalue weighted by molar-refractivity contribution is 0.104. The van der Waals surface area contributed by atoms with E-state index in [1.165, 1.54) is 6.07 Å². The van der Waals surface area contributed by atoms with Gasteiger partial charge in [0.05, 0.1) is 16.2 Å². The molecule has 0 bridgehead atoms. The van der Waals surface area contributed by atoms with E-state index in [-0.39, 0.29) is 11.6 Å². The fourth-order valence-corrected chi connectivity index (χ4v) is 4.21. The minimum Gasteiger partial charge on any atom is -0.289 e. The number of carbonyl (C=O) groups excluding carboxylic acids is 1. The van der Waals surface area contributed by atoms with Gasteiger partial charge in [-0.05, 0) is 58.8 Å². The standard InChI is InChI=1S/C30H19ClFNO/c31-27-12-6-13-28(32)26(27)17-15-21-19-22(33-29-14-4-3-10-24(21)29)16-18-30(34)25-11-5-8-20-7-1-2-9-23(20)25/h1-19H/b17-15+,18-16+. The monoisotopic (exact) mass is 463 g/mol. The summed E-state index contributed by atoms with van der Waals surface area (Å²) in [7, 11) is 0. The van der Waals surface area contributed by atoms with Gasteiger partial charge in [-0.25, -0.2) is 9.37 Å². The van der Waals surface area contributed by atoms with Gasteiger partial charge in [-0.2, -0.15) is 0 Å². The lowest BCUT2D eigenvalue weighted by Gasteiger charge is -2.06. The van der Waals surface area contributed by atoms with Crippen LogP contribution < -0.4 is 0 Å². The molecule has 0 N–H and O–H groups in total. The van der Waals surface area contributed by atoms with Crippen LogP contribution in [0.3, 0.4) is 0 Å². The zero-order valence-corrected chi connectivity index (χ0v) is 18.8. The third-order valence-corrected chi connectivity index (χ3v) is 5.99. The molecule has 0 aliphatic carbocycles. The van der Waals surface area contributed by atoms with Crippen molar-refractivity contribution in [3.8, 4) is 0 Å². The summed E-state index contributed by atoms with van der Waals surface area (Å²) in [6.07, 6.45) is 6.73. The van der Waals surface area contributed by atoms with E-state index >= 15 is 0 Å². The first-order valence-electron chi connectivity index (χ1n) is 10.8. The second-order valence-corrected chi connectivity index (χ2v) is 8.25. The molecule has 0 saturated carbocycles. The summed E-state index contributed by atoms with van der Waals surface area (Å²) in [6, 6.07) is 27.7. The highest BCUT2D eigenvalue weighted by Crippen LogP contribution is 2.25. The lowest BCUT2D eigenvalue weighted by Crippen LogP contribution is -1.96. The van der Waals surface area contributed by atoms with Crippen molar-refractivity contribution in [3.63, 3.8) is 0 Å². The van der Waals surface area contributed by atoms with Crippen molar-refractivity contribution in [1.82, 2.24) is 4.98 Å². The normalized spacial score (nSPS) is 11.7. The van der Waals surface area contributed by atoms with Gasteiger partial charge in [0.25, 0.3) is 0 Å². The predicted molar refractivity (Wildman–Crippen MR) is 139 cm³/mol. The summed E-state index contributed by atoms with van der Waals surface area (Å²) < 4.78 is 14.2. The maximum atomic E-state index is 14.2. The molecule has 34 heavy (non-hydrogen) atoms. The molecular formula is C30H19ClFNO. The molecule has 1 aromatic heterocycles. The Kier molecular flexibility index (Phi) is 6.03. The number of fused-ring (bicyclic) bond motifs is 2. The smallest absolute Gasteiger partial charge is 0.186 e. The highest BCUT2D eigenvalue weighted by Gasteiger charge is 2.08. The molecule has 0 unspecified atom stereocenters. The van der Waals surface area contributed by atoms with Gasteiger partial charge >= 0.3 is 0 Å². The molecule has 1 heterocycles. The molecule has 0 fully saturated rings. The van der Waals surface area contributed by atoms with Crippen LogP contribution in [0.1, 0.15) is 27.2 Å². The molecule has 164 valence electrons. The molecule has 5 rings (SSSR count). The van der Waals surface area contributed by atoms with E-state index in [9.17, 15) is 9.18 Å². The van der Waals surface area contributed by atoms with Gasteiger partial charge in [0.15, 0.2) is 5.78 Å². The van der Waals surface area contributed by atoms with Gasteiger partial charge in [0, 0.05) is 16.5 Å². The number of benzene rings is 4. The summed E-state index contributed by atoms with van der Waals surface area (Å²) in [5.41, 5.74) is 3.23. The van der Waals surface area contributed by atoms with Crippen LogP contribution in [0.4, 0.5) is 4.39 Å². The van der Waals surface area contributed by atoms with Gasteiger partial charge in [-0.1, -0.05) is 84.4 Å². The zero-order valence-electron chi connectivity index (χ0n) is 18.1. The maximum absolute atomic E-state index is 14.2. The number of para-hydroxylation sites is 1. The second kappa shape index (κ2) is 9.42. The van der Waals surface area contributed by atoms with Crippen molar-refractivity contribution < 1.29 is 9.18 Å². The van der Waals surface area contributed by atoms with Crippen molar-refractivity contribution in [2.24, 2.45) is 0 Å². The summed E-state index contributed by atoms with van der Waals surface area (Å²) in [5.74, 6) is -0.482. The molecule has 0 atom stereocenters. The average Bonchev–Trinajstić information content (AvgIpc) is 2.86. The molecule has 0 aliphatic rings. The van der Waals surface area contributed by atoms with Gasteiger partial charge < -0.3 is 0 Å². The zero-order chi connectivity index (χ0) is 23.5. The average molecular weight is 464 g/mol. The third kappa shape index (κ3) is 4.39. The number of hydrogen-bond acceptors (Lipinski definition) is 2. The van der Waals surface area contributed by atoms with Crippen molar-refractivity contribution >= 4 is 57.3 Å². The SMILES string of the molecule is O=C(/C=C/c1cc(/C=C/c2c(F)cccc2Cl)c2ccccc2n1)c1cccc2ccccc12. The molecule has 0 aliphatic heterocycles. The molecule has 2 nitrogen and oxygen atoms in total. The molecule has 4 aromatic carbocycles. The van der Waals surface area contributed by atoms with Crippen LogP contribution in [-0.2, 0) is 0 Å². The number of halogens is 2. The Hall–Kier alpha value is -4.08. The Morgan fingerprint density at radius 2 is 1.53 bits per heavy atom. The number of aromatic nitrogens is 1. The Labute approximate surface area is 201 Å². The summed E-state index contributed by atoms with van der Waals surface area (Å²) in [6.45, 7) is 0. The topological polar surface area (TPSA) is 30.0 Å². The molecule has 0 amide bonds. The molecule has 0 spiro atoms. The van der Waals surface area contributed by atoms with Gasteiger partial charge in [-0.15, -0.1) is 0 Å². The van der Waals surface area contributed by atoms with Crippen LogP contribution in [0.15, 0.2) is 97.1 Å². The Bertz CT molecular complexity index is 1580. The van der Waals surface area contributed by atoms with Crippen LogP contribution in [0.25, 0.3) is 39.9 Å². The number of hydrogen-bond donors (Lipinski definition) is 0. The van der Waals surface area contributed by atoms with Gasteiger partial charge in [0.1, 0.15) is 5.82 Å². The summed E-state index contributed by atoms with van der Waals surface area (Å²) >= 11 is 6.18. The number of nitrogens with zero attached hydrogens (tertiary/aromatic N) is 1. The summed E-state index contributed by atoms with van der Waals surface area (Å²) in [4.78, 5) is 17.7. The fourth-order valence-electron chi connectivity index (χ4n) is 3.98. The van der Waals surface area contributed by atoms with E-state index in [1.54, 1.807) is 30.4 Å². The third-order valence-electron chi connectivity index (χ3n) is 5.66. The van der Waals surface area contributed by atoms with Crippen molar-refractivity contribution in [1.29, 1.82) is 0 Å². The van der Waals surface area contributed by atoms with Crippen LogP contribution >= 0.6 is 11.6 Å². The number of rotatable bonds is 5. The number of pyridine rings is 1. The molecule has 0 saturated heterocycles. The Morgan fingerprint density at radius 3 is 2.38 bits per heavy atom. The van der Waals surface area contributed by atoms with E-state index < -0.39 is 0 Å². The van der Waals surface area contributed by atoms with E-state index in [2.05, 4.69) is 4.98 Å². The number of ketones is 1. The lowest BCUT2D eigenvalue weighted by atomic mass is 10.0. The molecule has 5 aromatic rings. The van der Waals surface area contributed by atoms with Crippen LogP contribution in [-0.4, -0.2) is 10.8 Å². The van der Waals surface area contributed by atoms with Crippen molar-refractivity contribution in [2.75, 3.05) is 0 Å². The largest absolute Gasteiger partial charge is 0.289 e. The first kappa shape index (κ1) is 21.7. The Balaban J connectivity index is 1.52. The van der Waals surface area contributed by atoms with Crippen LogP contribution in [0.2, 0.25) is 5.02 Å². The van der Waals surface area contributed by atoms with E-state index in [1.807, 2.05) is 78.9 Å². The number of allylic oxidation sites excluding steroid dienone is 1. The van der Waals surface area contributed by atoms with Gasteiger partial charge in [0.2, 0.25) is 0 Å². The van der Waals surface area contributed by atoms with E-state index in [0.717, 1.165) is 27.2 Å². The van der Waals surface area contributed by atoms with Gasteiger partial charge in [-0.3, -0.25) is 4.79 Å². The first-order valence-corrected chi connectivity index (χ1v) is 11.2. The Morgan fingerprint density at radius 1 is 0.794 bits per heavy atom. The van der Waals surface area contributed by atoms with E-state index in [0.29, 0.717) is 21.8 Å². The maximum Gasteiger partial charge on any atom is 0.186 e. The highest BCUT2D eigenvalue weighted by atomic mass is 35.5. The molecule has 4 heteroatoms. The van der Waals surface area contributed by atoms with Crippen molar-refractivity contribution in [2.45, 2.75) is 0 Å². The minimum atomic E-state index is -0.386. The molecule has 0 radical (unpaired) electrons. The van der Waals surface area contributed by atoms with Crippen LogP contribution in [0, 0.1) is 5.82 Å². The predicted octanol–water partition coefficient (Wildman–Crippen LogP) is 8.25. The molecular weight excluding hydrogens is 445 g/mol. The number of carbonyl (C=O) groups is 1. The minimum absolute atomic E-state index is 0.0954. The van der Waals surface area contributed by atoms with Crippen molar-refractivity contribution in [3.05, 3.63) is 130 Å². The fraction of sp³-hybridized carbons (Fsp3) is 0. The second-order valence-electron chi connectivity index (χ2n) is 7.85. The summed E-state index contributed by atoms with van der Waals surface area (Å²) in [5, 5.41) is 3.19.